The van der Waals surface area contributed by atoms with Crippen LogP contribution < -0.4 is 0 Å². The van der Waals surface area contributed by atoms with E-state index in [0.717, 1.165) is 12.0 Å². The van der Waals surface area contributed by atoms with Crippen LogP contribution in [0.15, 0.2) is 132 Å². The number of nitrogens with zero attached hydrogens (tertiary/aromatic N) is 1. The Hall–Kier alpha value is -3.63. The maximum Gasteiger partial charge on any atom is 0.0991 e. The molecular formula is C37H35N. The predicted octanol–water partition coefficient (Wildman–Crippen LogP) is 8.71. The van der Waals surface area contributed by atoms with E-state index in [9.17, 15) is 5.26 Å². The molecule has 1 nitrogen and oxygen atoms in total. The van der Waals surface area contributed by atoms with Crippen LogP contribution in [0.5, 0.6) is 0 Å². The molecule has 0 aromatic heterocycles. The number of hydrogen-bond donors (Lipinski definition) is 0. The van der Waals surface area contributed by atoms with E-state index in [1.165, 1.54) is 36.0 Å². The van der Waals surface area contributed by atoms with Gasteiger partial charge in [-0.1, -0.05) is 109 Å². The fraction of sp³-hybridized carbons (Fsp3) is 0.324. The smallest absolute Gasteiger partial charge is 0.0991 e. The van der Waals surface area contributed by atoms with Gasteiger partial charge in [-0.05, 0) is 90.0 Å². The average Bonchev–Trinajstić information content (AvgIpc) is 3.00. The van der Waals surface area contributed by atoms with E-state index in [1.54, 1.807) is 5.57 Å². The first-order valence-electron chi connectivity index (χ1n) is 14.5. The summed E-state index contributed by atoms with van der Waals surface area (Å²) in [5, 5.41) is 9.38. The van der Waals surface area contributed by atoms with Crippen molar-refractivity contribution in [1.29, 1.82) is 5.26 Å². The molecule has 0 spiro atoms. The van der Waals surface area contributed by atoms with E-state index < -0.39 is 0 Å². The molecule has 8 atom stereocenters. The highest BCUT2D eigenvalue weighted by Crippen LogP contribution is 2.58. The topological polar surface area (TPSA) is 23.8 Å². The van der Waals surface area contributed by atoms with Crippen LogP contribution in [0.25, 0.3) is 0 Å². The Morgan fingerprint density at radius 1 is 0.737 bits per heavy atom. The Labute approximate surface area is 227 Å². The molecule has 6 aliphatic carbocycles. The molecule has 0 aliphatic heterocycles. The maximum atomic E-state index is 9.38. The van der Waals surface area contributed by atoms with Crippen LogP contribution in [0.1, 0.15) is 42.7 Å². The summed E-state index contributed by atoms with van der Waals surface area (Å²) in [7, 11) is 0. The largest absolute Gasteiger partial charge is 0.192 e. The number of fused-ring (bicyclic) bond motifs is 3. The predicted molar refractivity (Wildman–Crippen MR) is 156 cm³/mol. The Morgan fingerprint density at radius 2 is 1.58 bits per heavy atom. The highest BCUT2D eigenvalue weighted by molar-refractivity contribution is 5.53. The highest BCUT2D eigenvalue weighted by Gasteiger charge is 2.48. The van der Waals surface area contributed by atoms with Crippen molar-refractivity contribution in [1.82, 2.24) is 0 Å². The van der Waals surface area contributed by atoms with E-state index in [2.05, 4.69) is 109 Å². The average molecular weight is 494 g/mol. The van der Waals surface area contributed by atoms with Gasteiger partial charge in [-0.15, -0.1) is 0 Å². The van der Waals surface area contributed by atoms with Crippen molar-refractivity contribution in [3.05, 3.63) is 143 Å². The van der Waals surface area contributed by atoms with Crippen LogP contribution in [0.4, 0.5) is 0 Å². The summed E-state index contributed by atoms with van der Waals surface area (Å²) in [5.41, 5.74) is 6.77. The van der Waals surface area contributed by atoms with Crippen molar-refractivity contribution < 1.29 is 0 Å². The first-order chi connectivity index (χ1) is 18.8. The summed E-state index contributed by atoms with van der Waals surface area (Å²) < 4.78 is 0. The van der Waals surface area contributed by atoms with Gasteiger partial charge in [0.05, 0.1) is 11.6 Å². The fourth-order valence-corrected chi connectivity index (χ4v) is 8.26. The van der Waals surface area contributed by atoms with Crippen LogP contribution in [0, 0.1) is 52.8 Å². The van der Waals surface area contributed by atoms with Crippen LogP contribution >= 0.6 is 0 Å². The molecule has 0 N–H and O–H groups in total. The zero-order valence-electron chi connectivity index (χ0n) is 21.9. The maximum absolute atomic E-state index is 9.38. The molecular weight excluding hydrogens is 458 g/mol. The van der Waals surface area contributed by atoms with Gasteiger partial charge in [0.2, 0.25) is 0 Å². The second kappa shape index (κ2) is 9.92. The van der Waals surface area contributed by atoms with Crippen LogP contribution in [-0.2, 0) is 0 Å². The quantitative estimate of drug-likeness (QED) is 0.386. The van der Waals surface area contributed by atoms with Crippen LogP contribution in [-0.4, -0.2) is 0 Å². The zero-order valence-corrected chi connectivity index (χ0v) is 21.9. The molecule has 38 heavy (non-hydrogen) atoms. The van der Waals surface area contributed by atoms with Gasteiger partial charge in [-0.3, -0.25) is 0 Å². The third kappa shape index (κ3) is 3.90. The Bertz CT molecular complexity index is 1410. The van der Waals surface area contributed by atoms with Crippen molar-refractivity contribution in [3.8, 4) is 6.07 Å². The van der Waals surface area contributed by atoms with Gasteiger partial charge in [0.25, 0.3) is 0 Å². The molecule has 1 saturated carbocycles. The molecule has 188 valence electrons. The lowest BCUT2D eigenvalue weighted by atomic mass is 9.53. The van der Waals surface area contributed by atoms with Gasteiger partial charge in [0, 0.05) is 11.8 Å². The minimum atomic E-state index is 0.388. The molecule has 1 aromatic rings. The second-order valence-electron chi connectivity index (χ2n) is 11.7. The van der Waals surface area contributed by atoms with Crippen molar-refractivity contribution in [2.45, 2.75) is 31.6 Å². The van der Waals surface area contributed by atoms with Crippen molar-refractivity contribution in [2.75, 3.05) is 0 Å². The number of nitriles is 1. The summed E-state index contributed by atoms with van der Waals surface area (Å²) in [6, 6.07) is 10.7. The van der Waals surface area contributed by atoms with Gasteiger partial charge in [-0.25, -0.2) is 0 Å². The van der Waals surface area contributed by atoms with Gasteiger partial charge < -0.3 is 0 Å². The Kier molecular flexibility index (Phi) is 6.13. The van der Waals surface area contributed by atoms with Crippen molar-refractivity contribution in [2.24, 2.45) is 41.4 Å². The first kappa shape index (κ1) is 23.5. The van der Waals surface area contributed by atoms with E-state index >= 15 is 0 Å². The standard InChI is InChI=1S/C37H35N/c38-24-25-18-20-27(21-19-25)36-31-14-6-8-16-33(31)37(34-17-9-7-15-32(34)36)35-23-22-28(26-10-2-1-3-11-26)29-12-4-5-13-30(29)35/h2,4-10,12-14,16-23,26,28-29,31-33,36-37H,1,3,11,15H2. The van der Waals surface area contributed by atoms with Crippen LogP contribution in [0.2, 0.25) is 0 Å². The Balaban J connectivity index is 1.32. The lowest BCUT2D eigenvalue weighted by Gasteiger charge is -2.51. The molecule has 0 saturated heterocycles. The van der Waals surface area contributed by atoms with E-state index in [-0.39, 0.29) is 0 Å². The van der Waals surface area contributed by atoms with Crippen LogP contribution in [0.3, 0.4) is 0 Å². The number of allylic oxidation sites excluding steroid dienone is 18. The summed E-state index contributed by atoms with van der Waals surface area (Å²) in [6.07, 6.45) is 40.9. The number of hydrogen-bond acceptors (Lipinski definition) is 1. The monoisotopic (exact) mass is 493 g/mol. The van der Waals surface area contributed by atoms with Gasteiger partial charge in [0.1, 0.15) is 0 Å². The molecule has 1 fully saturated rings. The second-order valence-corrected chi connectivity index (χ2v) is 11.7. The molecule has 1 heteroatoms. The SMILES string of the molecule is N#Cc1ccc(C2C3CC=CC=C3C(C3=C4C=CC=CC4C(C4C=CCCC4)C=C3)C3C=CC=CC32)cc1. The summed E-state index contributed by atoms with van der Waals surface area (Å²) in [6.45, 7) is 0. The molecule has 7 rings (SSSR count). The Morgan fingerprint density at radius 3 is 2.39 bits per heavy atom. The minimum absolute atomic E-state index is 0.388. The summed E-state index contributed by atoms with van der Waals surface area (Å²) >= 11 is 0. The lowest BCUT2D eigenvalue weighted by molar-refractivity contribution is 0.221. The van der Waals surface area contributed by atoms with Gasteiger partial charge in [0.15, 0.2) is 0 Å². The van der Waals surface area contributed by atoms with Gasteiger partial charge >= 0.3 is 0 Å². The molecule has 0 radical (unpaired) electrons. The summed E-state index contributed by atoms with van der Waals surface area (Å²) in [4.78, 5) is 0. The van der Waals surface area contributed by atoms with E-state index in [0.29, 0.717) is 47.3 Å². The molecule has 8 unspecified atom stereocenters. The first-order valence-corrected chi connectivity index (χ1v) is 14.5. The van der Waals surface area contributed by atoms with Crippen molar-refractivity contribution in [3.63, 3.8) is 0 Å². The number of benzene rings is 1. The van der Waals surface area contributed by atoms with E-state index in [1.807, 2.05) is 12.1 Å². The fourth-order valence-electron chi connectivity index (χ4n) is 8.26. The minimum Gasteiger partial charge on any atom is -0.192 e. The highest BCUT2D eigenvalue weighted by atomic mass is 14.5. The molecule has 0 bridgehead atoms. The lowest BCUT2D eigenvalue weighted by Crippen LogP contribution is -2.42. The van der Waals surface area contributed by atoms with Gasteiger partial charge in [-0.2, -0.15) is 5.26 Å². The van der Waals surface area contributed by atoms with E-state index in [4.69, 9.17) is 0 Å². The molecule has 6 aliphatic rings. The summed E-state index contributed by atoms with van der Waals surface area (Å²) in [5.74, 6) is 3.79. The molecule has 0 heterocycles. The third-order valence-corrected chi connectivity index (χ3v) is 9.91. The molecule has 0 amide bonds. The normalized spacial score (nSPS) is 36.3. The van der Waals surface area contributed by atoms with Crippen molar-refractivity contribution >= 4 is 0 Å². The molecule has 1 aromatic carbocycles. The zero-order chi connectivity index (χ0) is 25.5. The third-order valence-electron chi connectivity index (χ3n) is 9.91. The number of rotatable bonds is 3.